The standard InChI is InChI=1S/C18H19N3O3/c1-23-12-6-4-5-11(9-12)19-18(22)17-14-10-24-15-8-3-2-7-13(15)16(14)20-21-17/h2-9,14,16-17,20-21H,10H2,1H3,(H,19,22). The van der Waals surface area contributed by atoms with Gasteiger partial charge >= 0.3 is 0 Å². The molecule has 3 unspecified atom stereocenters. The number of amides is 1. The van der Waals surface area contributed by atoms with Crippen LogP contribution in [0.15, 0.2) is 48.5 Å². The summed E-state index contributed by atoms with van der Waals surface area (Å²) in [6, 6.07) is 14.9. The van der Waals surface area contributed by atoms with Gasteiger partial charge in [0.2, 0.25) is 5.91 Å². The monoisotopic (exact) mass is 325 g/mol. The summed E-state index contributed by atoms with van der Waals surface area (Å²) in [4.78, 5) is 12.7. The Morgan fingerprint density at radius 3 is 2.96 bits per heavy atom. The topological polar surface area (TPSA) is 71.6 Å². The summed E-state index contributed by atoms with van der Waals surface area (Å²) < 4.78 is 11.0. The van der Waals surface area contributed by atoms with Crippen LogP contribution in [0.1, 0.15) is 11.6 Å². The Bertz CT molecular complexity index is 765. The molecule has 0 aliphatic carbocycles. The molecule has 3 N–H and O–H groups in total. The van der Waals surface area contributed by atoms with E-state index in [0.717, 1.165) is 11.3 Å². The van der Waals surface area contributed by atoms with Gasteiger partial charge in [-0.05, 0) is 18.2 Å². The van der Waals surface area contributed by atoms with E-state index in [0.29, 0.717) is 18.0 Å². The van der Waals surface area contributed by atoms with Crippen molar-refractivity contribution in [3.05, 3.63) is 54.1 Å². The molecule has 1 saturated heterocycles. The minimum atomic E-state index is -0.366. The van der Waals surface area contributed by atoms with Crippen LogP contribution < -0.4 is 25.6 Å². The third kappa shape index (κ3) is 2.60. The van der Waals surface area contributed by atoms with Crippen molar-refractivity contribution in [2.24, 2.45) is 5.92 Å². The summed E-state index contributed by atoms with van der Waals surface area (Å²) in [5.74, 6) is 1.52. The van der Waals surface area contributed by atoms with Crippen molar-refractivity contribution in [1.29, 1.82) is 0 Å². The van der Waals surface area contributed by atoms with E-state index in [1.165, 1.54) is 0 Å². The number of rotatable bonds is 3. The van der Waals surface area contributed by atoms with Gasteiger partial charge in [0.15, 0.2) is 0 Å². The van der Waals surface area contributed by atoms with Gasteiger partial charge in [-0.2, -0.15) is 0 Å². The number of hydrazine groups is 1. The maximum Gasteiger partial charge on any atom is 0.243 e. The quantitative estimate of drug-likeness (QED) is 0.803. The van der Waals surface area contributed by atoms with Gasteiger partial charge in [-0.1, -0.05) is 24.3 Å². The number of benzene rings is 2. The van der Waals surface area contributed by atoms with E-state index in [-0.39, 0.29) is 23.9 Å². The smallest absolute Gasteiger partial charge is 0.243 e. The third-order valence-electron chi connectivity index (χ3n) is 4.56. The van der Waals surface area contributed by atoms with Crippen molar-refractivity contribution >= 4 is 11.6 Å². The van der Waals surface area contributed by atoms with Crippen molar-refractivity contribution in [2.75, 3.05) is 19.0 Å². The molecule has 1 fully saturated rings. The largest absolute Gasteiger partial charge is 0.497 e. The third-order valence-corrected chi connectivity index (χ3v) is 4.56. The van der Waals surface area contributed by atoms with E-state index in [1.807, 2.05) is 42.5 Å². The molecule has 24 heavy (non-hydrogen) atoms. The molecule has 0 aromatic heterocycles. The molecule has 0 saturated carbocycles. The minimum Gasteiger partial charge on any atom is -0.497 e. The average molecular weight is 325 g/mol. The van der Waals surface area contributed by atoms with E-state index in [4.69, 9.17) is 9.47 Å². The Morgan fingerprint density at radius 1 is 1.21 bits per heavy atom. The second-order valence-corrected chi connectivity index (χ2v) is 5.98. The lowest BCUT2D eigenvalue weighted by molar-refractivity contribution is -0.119. The first-order valence-electron chi connectivity index (χ1n) is 7.94. The molecular formula is C18H19N3O3. The van der Waals surface area contributed by atoms with Crippen LogP contribution in [0.4, 0.5) is 5.69 Å². The Kier molecular flexibility index (Phi) is 3.84. The normalized spacial score (nSPS) is 24.5. The van der Waals surface area contributed by atoms with Crippen molar-refractivity contribution < 1.29 is 14.3 Å². The second kappa shape index (κ2) is 6.14. The highest BCUT2D eigenvalue weighted by Gasteiger charge is 2.44. The van der Waals surface area contributed by atoms with Gasteiger partial charge in [0, 0.05) is 23.2 Å². The van der Waals surface area contributed by atoms with Gasteiger partial charge in [-0.25, -0.2) is 10.9 Å². The molecule has 2 heterocycles. The van der Waals surface area contributed by atoms with E-state index in [2.05, 4.69) is 16.2 Å². The summed E-state index contributed by atoms with van der Waals surface area (Å²) >= 11 is 0. The molecule has 124 valence electrons. The van der Waals surface area contributed by atoms with E-state index in [9.17, 15) is 4.79 Å². The van der Waals surface area contributed by atoms with Gasteiger partial charge in [-0.3, -0.25) is 4.79 Å². The van der Waals surface area contributed by atoms with Crippen LogP contribution in [0.25, 0.3) is 0 Å². The first-order chi connectivity index (χ1) is 11.8. The number of para-hydroxylation sites is 1. The van der Waals surface area contributed by atoms with Crippen molar-refractivity contribution in [1.82, 2.24) is 10.9 Å². The molecule has 2 aromatic rings. The number of hydrogen-bond donors (Lipinski definition) is 3. The van der Waals surface area contributed by atoms with Gasteiger partial charge in [-0.15, -0.1) is 0 Å². The summed E-state index contributed by atoms with van der Waals surface area (Å²) in [5.41, 5.74) is 8.14. The van der Waals surface area contributed by atoms with Crippen LogP contribution >= 0.6 is 0 Å². The Balaban J connectivity index is 1.51. The van der Waals surface area contributed by atoms with Crippen molar-refractivity contribution in [3.63, 3.8) is 0 Å². The van der Waals surface area contributed by atoms with Crippen LogP contribution in [0.2, 0.25) is 0 Å². The van der Waals surface area contributed by atoms with Gasteiger partial charge in [0.25, 0.3) is 0 Å². The summed E-state index contributed by atoms with van der Waals surface area (Å²) in [6.07, 6.45) is 0. The molecule has 2 aliphatic heterocycles. The number of carbonyl (C=O) groups excluding carboxylic acids is 1. The Labute approximate surface area is 140 Å². The number of fused-ring (bicyclic) bond motifs is 3. The summed E-state index contributed by atoms with van der Waals surface area (Å²) in [5, 5.41) is 2.94. The number of anilines is 1. The van der Waals surface area contributed by atoms with Crippen molar-refractivity contribution in [3.8, 4) is 11.5 Å². The zero-order chi connectivity index (χ0) is 16.5. The van der Waals surface area contributed by atoms with Gasteiger partial charge in [0.05, 0.1) is 19.8 Å². The number of hydrogen-bond acceptors (Lipinski definition) is 5. The van der Waals surface area contributed by atoms with E-state index >= 15 is 0 Å². The summed E-state index contributed by atoms with van der Waals surface area (Å²) in [7, 11) is 1.60. The van der Waals surface area contributed by atoms with E-state index in [1.54, 1.807) is 13.2 Å². The molecule has 6 nitrogen and oxygen atoms in total. The van der Waals surface area contributed by atoms with Crippen LogP contribution in [-0.2, 0) is 4.79 Å². The minimum absolute atomic E-state index is 0.0329. The first-order valence-corrected chi connectivity index (χ1v) is 7.94. The highest BCUT2D eigenvalue weighted by atomic mass is 16.5. The van der Waals surface area contributed by atoms with Crippen LogP contribution in [0.3, 0.4) is 0 Å². The first kappa shape index (κ1) is 15.0. The molecule has 6 heteroatoms. The molecule has 3 atom stereocenters. The molecular weight excluding hydrogens is 306 g/mol. The number of nitrogens with one attached hydrogen (secondary N) is 3. The zero-order valence-electron chi connectivity index (χ0n) is 13.3. The Hall–Kier alpha value is -2.57. The SMILES string of the molecule is COc1cccc(NC(=O)C2NNC3c4ccccc4OCC23)c1. The fourth-order valence-electron chi connectivity index (χ4n) is 3.32. The maximum atomic E-state index is 12.7. The number of ether oxygens (including phenoxy) is 2. The second-order valence-electron chi connectivity index (χ2n) is 5.98. The molecule has 2 aliphatic rings. The highest BCUT2D eigenvalue weighted by molar-refractivity contribution is 5.95. The van der Waals surface area contributed by atoms with Gasteiger partial charge in [0.1, 0.15) is 17.5 Å². The predicted molar refractivity (Wildman–Crippen MR) is 89.9 cm³/mol. The molecule has 0 bridgehead atoms. The lowest BCUT2D eigenvalue weighted by Crippen LogP contribution is -2.43. The highest BCUT2D eigenvalue weighted by Crippen LogP contribution is 2.39. The average Bonchev–Trinajstić information content (AvgIpc) is 3.06. The Morgan fingerprint density at radius 2 is 2.08 bits per heavy atom. The molecule has 4 rings (SSSR count). The van der Waals surface area contributed by atoms with E-state index < -0.39 is 0 Å². The maximum absolute atomic E-state index is 12.7. The van der Waals surface area contributed by atoms with Crippen LogP contribution in [0, 0.1) is 5.92 Å². The predicted octanol–water partition coefficient (Wildman–Crippen LogP) is 1.86. The van der Waals surface area contributed by atoms with Crippen LogP contribution in [-0.4, -0.2) is 25.7 Å². The fourth-order valence-corrected chi connectivity index (χ4v) is 3.32. The van der Waals surface area contributed by atoms with Crippen molar-refractivity contribution in [2.45, 2.75) is 12.1 Å². The molecule has 0 spiro atoms. The zero-order valence-corrected chi connectivity index (χ0v) is 13.3. The number of carbonyl (C=O) groups is 1. The number of methoxy groups -OCH3 is 1. The molecule has 0 radical (unpaired) electrons. The fraction of sp³-hybridized carbons (Fsp3) is 0.278. The summed E-state index contributed by atoms with van der Waals surface area (Å²) in [6.45, 7) is 0.498. The lowest BCUT2D eigenvalue weighted by atomic mass is 9.87. The lowest BCUT2D eigenvalue weighted by Gasteiger charge is -2.29. The molecule has 1 amide bonds. The van der Waals surface area contributed by atoms with Gasteiger partial charge < -0.3 is 14.8 Å². The molecule has 2 aromatic carbocycles. The van der Waals surface area contributed by atoms with Crippen LogP contribution in [0.5, 0.6) is 11.5 Å².